The number of para-hydroxylation sites is 1. The van der Waals surface area contributed by atoms with Gasteiger partial charge in [-0.25, -0.2) is 4.98 Å². The maximum atomic E-state index is 12.5. The van der Waals surface area contributed by atoms with Gasteiger partial charge in [0.1, 0.15) is 17.2 Å². The van der Waals surface area contributed by atoms with E-state index in [1.165, 1.54) is 6.20 Å². The van der Waals surface area contributed by atoms with Crippen LogP contribution in [-0.4, -0.2) is 43.1 Å². The molecule has 0 radical (unpaired) electrons. The third-order valence-electron chi connectivity index (χ3n) is 6.83. The van der Waals surface area contributed by atoms with Gasteiger partial charge in [-0.15, -0.1) is 0 Å². The van der Waals surface area contributed by atoms with Crippen LogP contribution in [0.4, 0.5) is 13.2 Å². The molecule has 0 spiro atoms. The predicted octanol–water partition coefficient (Wildman–Crippen LogP) is 5.87. The zero-order valence-electron chi connectivity index (χ0n) is 25.6. The van der Waals surface area contributed by atoms with Crippen molar-refractivity contribution >= 4 is 23.8 Å². The van der Waals surface area contributed by atoms with E-state index in [2.05, 4.69) is 40.3 Å². The third-order valence-corrected chi connectivity index (χ3v) is 6.83. The fraction of sp³-hybridized carbons (Fsp3) is 0.0588. The zero-order chi connectivity index (χ0) is 34.4. The molecule has 0 saturated carbocycles. The van der Waals surface area contributed by atoms with Crippen LogP contribution in [0, 0.1) is 6.92 Å². The summed E-state index contributed by atoms with van der Waals surface area (Å²) in [7, 11) is 0. The standard InChI is InChI=1S/C21H13N3O4.C13H8F3N5.Ru/c25-12-27-15-6-8-22-19(9-15)20-11-16(28-13-26)10-18(24-20)17-5-1-3-14-4-2-7-23-21(14)17;1-7-5-10(19-18-7)8-3-2-4-9(17-8)11-6-12(21-20-11)13(14,15)16;/h1-13H;2-6H,1H3;/q;-2;+2. The molecular formula is C34H21F3N8O4Ru. The van der Waals surface area contributed by atoms with Crippen LogP contribution in [0.15, 0.2) is 97.3 Å². The van der Waals surface area contributed by atoms with Gasteiger partial charge in [0.2, 0.25) is 0 Å². The molecule has 0 atom stereocenters. The van der Waals surface area contributed by atoms with E-state index in [1.807, 2.05) is 30.3 Å². The molecule has 1 aromatic carbocycles. The second-order valence-electron chi connectivity index (χ2n) is 10.2. The van der Waals surface area contributed by atoms with Crippen molar-refractivity contribution in [2.75, 3.05) is 0 Å². The Balaban J connectivity index is 0.000000198. The van der Waals surface area contributed by atoms with E-state index in [1.54, 1.807) is 61.7 Å². The van der Waals surface area contributed by atoms with Crippen LogP contribution >= 0.6 is 0 Å². The number of nitrogens with zero attached hydrogens (tertiary/aromatic N) is 8. The molecule has 7 rings (SSSR count). The fourth-order valence-electron chi connectivity index (χ4n) is 4.68. The van der Waals surface area contributed by atoms with E-state index in [0.717, 1.165) is 28.2 Å². The van der Waals surface area contributed by atoms with E-state index in [9.17, 15) is 22.8 Å². The van der Waals surface area contributed by atoms with E-state index >= 15 is 0 Å². The number of fused-ring (bicyclic) bond motifs is 1. The molecule has 0 aliphatic carbocycles. The van der Waals surface area contributed by atoms with Crippen LogP contribution in [0.3, 0.4) is 0 Å². The Kier molecular flexibility index (Phi) is 10.8. The molecular weight excluding hydrogens is 742 g/mol. The van der Waals surface area contributed by atoms with Gasteiger partial charge in [-0.05, 0) is 37.3 Å². The Morgan fingerprint density at radius 1 is 0.660 bits per heavy atom. The maximum absolute atomic E-state index is 12.5. The molecule has 12 nitrogen and oxygen atoms in total. The van der Waals surface area contributed by atoms with E-state index in [4.69, 9.17) is 9.47 Å². The number of benzene rings is 1. The van der Waals surface area contributed by atoms with Gasteiger partial charge in [-0.3, -0.25) is 24.5 Å². The molecule has 0 aliphatic rings. The number of pyridine rings is 4. The Bertz CT molecular complexity index is 2270. The molecule has 7 aromatic rings. The normalized spacial score (nSPS) is 10.8. The fourth-order valence-corrected chi connectivity index (χ4v) is 4.68. The van der Waals surface area contributed by atoms with Crippen molar-refractivity contribution in [2.45, 2.75) is 13.1 Å². The van der Waals surface area contributed by atoms with Crippen molar-refractivity contribution < 1.29 is 51.7 Å². The smallest absolute Gasteiger partial charge is 0.574 e. The van der Waals surface area contributed by atoms with Crippen molar-refractivity contribution in [3.8, 4) is 56.9 Å². The molecule has 0 N–H and O–H groups in total. The number of hydrogen-bond acceptors (Lipinski definition) is 10. The Hall–Kier alpha value is -6.15. The number of aryl methyl sites for hydroxylation is 1. The average Bonchev–Trinajstić information content (AvgIpc) is 3.79. The first-order chi connectivity index (χ1) is 23.7. The van der Waals surface area contributed by atoms with E-state index in [0.29, 0.717) is 58.6 Å². The molecule has 250 valence electrons. The van der Waals surface area contributed by atoms with Gasteiger partial charge < -0.3 is 29.9 Å². The minimum atomic E-state index is -4.52. The van der Waals surface area contributed by atoms with E-state index in [-0.39, 0.29) is 25.2 Å². The molecule has 0 aliphatic heterocycles. The number of hydrogen-bond donors (Lipinski definition) is 0. The van der Waals surface area contributed by atoms with Crippen LogP contribution in [0.25, 0.3) is 56.3 Å². The summed E-state index contributed by atoms with van der Waals surface area (Å²) < 4.78 is 47.5. The first kappa shape index (κ1) is 35.2. The topological polar surface area (TPSA) is 158 Å². The molecule has 50 heavy (non-hydrogen) atoms. The molecule has 6 heterocycles. The van der Waals surface area contributed by atoms with Crippen LogP contribution in [0.1, 0.15) is 11.4 Å². The molecule has 0 bridgehead atoms. The van der Waals surface area contributed by atoms with Crippen molar-refractivity contribution in [2.24, 2.45) is 0 Å². The van der Waals surface area contributed by atoms with Gasteiger partial charge in [0.15, 0.2) is 0 Å². The molecule has 6 aromatic heterocycles. The van der Waals surface area contributed by atoms with Gasteiger partial charge in [0.25, 0.3) is 12.9 Å². The summed E-state index contributed by atoms with van der Waals surface area (Å²) in [5.74, 6) is 0.642. The van der Waals surface area contributed by atoms with Crippen LogP contribution in [0.2, 0.25) is 0 Å². The summed E-state index contributed by atoms with van der Waals surface area (Å²) in [6.07, 6.45) is -1.31. The summed E-state index contributed by atoms with van der Waals surface area (Å²) >= 11 is 0. The van der Waals surface area contributed by atoms with Gasteiger partial charge in [0.05, 0.1) is 34.0 Å². The Morgan fingerprint density at radius 2 is 1.30 bits per heavy atom. The molecule has 16 heteroatoms. The van der Waals surface area contributed by atoms with Gasteiger partial charge >= 0.3 is 25.7 Å². The first-order valence-corrected chi connectivity index (χ1v) is 14.3. The van der Waals surface area contributed by atoms with Gasteiger partial charge in [-0.1, -0.05) is 47.8 Å². The second-order valence-corrected chi connectivity index (χ2v) is 10.2. The minimum Gasteiger partial charge on any atom is -0.574 e. The van der Waals surface area contributed by atoms with Crippen LogP contribution < -0.4 is 19.7 Å². The first-order valence-electron chi connectivity index (χ1n) is 14.3. The number of carbonyl (C=O) groups excluding carboxylic acids is 2. The quantitative estimate of drug-likeness (QED) is 0.134. The number of rotatable bonds is 8. The second kappa shape index (κ2) is 15.4. The summed E-state index contributed by atoms with van der Waals surface area (Å²) in [6.45, 7) is 2.48. The average molecular weight is 764 g/mol. The Morgan fingerprint density at radius 3 is 2.00 bits per heavy atom. The monoisotopic (exact) mass is 764 g/mol. The summed E-state index contributed by atoms with van der Waals surface area (Å²) in [5.41, 5.74) is 4.21. The van der Waals surface area contributed by atoms with Crippen molar-refractivity contribution in [3.05, 3.63) is 109 Å². The van der Waals surface area contributed by atoms with Crippen molar-refractivity contribution in [1.29, 1.82) is 0 Å². The number of alkyl halides is 3. The number of carbonyl (C=O) groups is 2. The molecule has 0 amide bonds. The summed E-state index contributed by atoms with van der Waals surface area (Å²) in [6, 6.07) is 23.5. The molecule has 0 unspecified atom stereocenters. The SMILES string of the molecule is Cc1cc(-c2cccc(-c3cc(C(F)(F)F)n[n-]3)n2)[n-]n1.O=COc1ccnc(-c2cc(OC=O)cc(-c3cccc4cccnc34)n2)c1.[Ru+2]. The number of ether oxygens (including phenoxy) is 2. The summed E-state index contributed by atoms with van der Waals surface area (Å²) in [4.78, 5) is 39.1. The number of aromatic nitrogens is 8. The van der Waals surface area contributed by atoms with Gasteiger partial charge in [0, 0.05) is 47.2 Å². The third kappa shape index (κ3) is 8.10. The maximum Gasteiger partial charge on any atom is 2.00 e. The zero-order valence-corrected chi connectivity index (χ0v) is 27.3. The van der Waals surface area contributed by atoms with Gasteiger partial charge in [-0.2, -0.15) is 13.2 Å². The van der Waals surface area contributed by atoms with Crippen molar-refractivity contribution in [3.63, 3.8) is 0 Å². The molecule has 0 saturated heterocycles. The minimum absolute atomic E-state index is 0. The predicted molar refractivity (Wildman–Crippen MR) is 169 cm³/mol. The van der Waals surface area contributed by atoms with E-state index < -0.39 is 11.9 Å². The largest absolute Gasteiger partial charge is 2.00 e. The van der Waals surface area contributed by atoms with Crippen LogP contribution in [-0.2, 0) is 35.2 Å². The van der Waals surface area contributed by atoms with Crippen molar-refractivity contribution in [1.82, 2.24) is 40.3 Å². The van der Waals surface area contributed by atoms with Crippen LogP contribution in [0.5, 0.6) is 11.5 Å². The molecule has 0 fully saturated rings. The number of halogens is 3. The summed E-state index contributed by atoms with van der Waals surface area (Å²) in [5, 5.41) is 15.4. The Labute approximate surface area is 293 Å².